The molecule has 0 saturated heterocycles. The number of rotatable bonds is 4. The second-order valence-electron chi connectivity index (χ2n) is 1.18. The lowest BCUT2D eigenvalue weighted by Crippen LogP contribution is -2.16. The average Bonchev–Trinajstić information content (AvgIpc) is 1.69. The predicted molar refractivity (Wildman–Crippen MR) is 28.9 cm³/mol. The van der Waals surface area contributed by atoms with E-state index in [-0.39, 0.29) is 0 Å². The van der Waals surface area contributed by atoms with Crippen LogP contribution in [0, 0.1) is 0 Å². The predicted octanol–water partition coefficient (Wildman–Crippen LogP) is -0.861. The van der Waals surface area contributed by atoms with Gasteiger partial charge in [-0.3, -0.25) is 0 Å². The summed E-state index contributed by atoms with van der Waals surface area (Å²) in [6, 6.07) is 0. The average molecular weight is 104 g/mol. The van der Waals surface area contributed by atoms with Gasteiger partial charge in [-0.1, -0.05) is 0 Å². The quantitative estimate of drug-likeness (QED) is 0.360. The van der Waals surface area contributed by atoms with Gasteiger partial charge in [0.1, 0.15) is 0 Å². The Morgan fingerprint density at radius 2 is 2.43 bits per heavy atom. The number of likely N-dealkylation sites (N-methyl/N-ethyl adjacent to an activating group) is 1. The van der Waals surface area contributed by atoms with Crippen LogP contribution in [0.5, 0.6) is 0 Å². The van der Waals surface area contributed by atoms with Crippen molar-refractivity contribution in [2.24, 2.45) is 5.73 Å². The number of ether oxygens (including phenoxy) is 1. The van der Waals surface area contributed by atoms with Crippen LogP contribution in [0.4, 0.5) is 0 Å². The molecule has 0 spiro atoms. The Hall–Kier alpha value is -0.120. The smallest absolute Gasteiger partial charge is 0.0940 e. The highest BCUT2D eigenvalue weighted by Gasteiger charge is 1.77. The van der Waals surface area contributed by atoms with E-state index in [1.165, 1.54) is 0 Å². The third kappa shape index (κ3) is 5.88. The van der Waals surface area contributed by atoms with Gasteiger partial charge in [-0.05, 0) is 7.05 Å². The number of hydrogen-bond donors (Lipinski definition) is 2. The molecule has 0 saturated carbocycles. The minimum atomic E-state index is 0.321. The highest BCUT2D eigenvalue weighted by atomic mass is 16.5. The van der Waals surface area contributed by atoms with E-state index >= 15 is 0 Å². The van der Waals surface area contributed by atoms with Crippen molar-refractivity contribution in [2.45, 2.75) is 0 Å². The molecule has 0 amide bonds. The van der Waals surface area contributed by atoms with Crippen LogP contribution in [0.3, 0.4) is 0 Å². The van der Waals surface area contributed by atoms with Crippen LogP contribution in [0.1, 0.15) is 0 Å². The SMILES string of the molecule is CNCCOCN. The summed E-state index contributed by atoms with van der Waals surface area (Å²) in [5.74, 6) is 0. The Morgan fingerprint density at radius 1 is 1.71 bits per heavy atom. The molecule has 0 unspecified atom stereocenters. The molecule has 0 aromatic carbocycles. The first kappa shape index (κ1) is 6.88. The minimum absolute atomic E-state index is 0.321. The molecule has 0 aromatic rings. The normalized spacial score (nSPS) is 9.43. The van der Waals surface area contributed by atoms with Crippen molar-refractivity contribution < 1.29 is 4.74 Å². The molecule has 0 atom stereocenters. The molecule has 0 aliphatic heterocycles. The molecule has 0 radical (unpaired) electrons. The van der Waals surface area contributed by atoms with Gasteiger partial charge in [0.05, 0.1) is 13.3 Å². The summed E-state index contributed by atoms with van der Waals surface area (Å²) in [4.78, 5) is 0. The molecule has 0 heterocycles. The van der Waals surface area contributed by atoms with Gasteiger partial charge in [-0.2, -0.15) is 0 Å². The van der Waals surface area contributed by atoms with Crippen molar-refractivity contribution in [3.05, 3.63) is 0 Å². The van der Waals surface area contributed by atoms with Crippen LogP contribution in [0.15, 0.2) is 0 Å². The van der Waals surface area contributed by atoms with Crippen LogP contribution in [-0.4, -0.2) is 26.9 Å². The first-order valence-corrected chi connectivity index (χ1v) is 2.34. The van der Waals surface area contributed by atoms with Crippen molar-refractivity contribution in [1.29, 1.82) is 0 Å². The molecule has 0 aliphatic rings. The largest absolute Gasteiger partial charge is 0.365 e. The van der Waals surface area contributed by atoms with E-state index in [9.17, 15) is 0 Å². The maximum absolute atomic E-state index is 5.02. The van der Waals surface area contributed by atoms with Gasteiger partial charge in [0, 0.05) is 6.54 Å². The van der Waals surface area contributed by atoms with Crippen molar-refractivity contribution in [3.63, 3.8) is 0 Å². The zero-order valence-electron chi connectivity index (χ0n) is 4.61. The van der Waals surface area contributed by atoms with Gasteiger partial charge in [0.2, 0.25) is 0 Å². The Bertz CT molecular complexity index is 28.9. The topological polar surface area (TPSA) is 47.3 Å². The zero-order valence-corrected chi connectivity index (χ0v) is 4.61. The Kier molecular flexibility index (Phi) is 5.78. The third-order valence-electron chi connectivity index (χ3n) is 0.614. The second kappa shape index (κ2) is 5.88. The molecule has 0 rings (SSSR count). The molecule has 0 aromatic heterocycles. The lowest BCUT2D eigenvalue weighted by molar-refractivity contribution is 0.144. The molecule has 3 N–H and O–H groups in total. The van der Waals surface area contributed by atoms with Gasteiger partial charge in [-0.15, -0.1) is 0 Å². The van der Waals surface area contributed by atoms with Gasteiger partial charge in [-0.25, -0.2) is 0 Å². The number of hydrogen-bond acceptors (Lipinski definition) is 3. The molecule has 0 fully saturated rings. The molecule has 0 aliphatic carbocycles. The second-order valence-corrected chi connectivity index (χ2v) is 1.18. The van der Waals surface area contributed by atoms with E-state index in [1.54, 1.807) is 0 Å². The maximum Gasteiger partial charge on any atom is 0.0940 e. The maximum atomic E-state index is 5.02. The van der Waals surface area contributed by atoms with Crippen LogP contribution in [-0.2, 0) is 4.74 Å². The molecular formula is C4H12N2O. The van der Waals surface area contributed by atoms with Crippen molar-refractivity contribution in [3.8, 4) is 0 Å². The summed E-state index contributed by atoms with van der Waals surface area (Å²) < 4.78 is 4.79. The summed E-state index contributed by atoms with van der Waals surface area (Å²) in [6.45, 7) is 1.89. The third-order valence-corrected chi connectivity index (χ3v) is 0.614. The van der Waals surface area contributed by atoms with Crippen LogP contribution < -0.4 is 11.1 Å². The van der Waals surface area contributed by atoms with Gasteiger partial charge in [0.15, 0.2) is 0 Å². The van der Waals surface area contributed by atoms with Gasteiger partial charge < -0.3 is 15.8 Å². The number of nitrogens with two attached hydrogens (primary N) is 1. The first-order valence-electron chi connectivity index (χ1n) is 2.34. The summed E-state index contributed by atoms with van der Waals surface area (Å²) in [6.07, 6.45) is 0. The van der Waals surface area contributed by atoms with E-state index in [0.717, 1.165) is 6.54 Å². The lowest BCUT2D eigenvalue weighted by Gasteiger charge is -1.96. The zero-order chi connectivity index (χ0) is 5.54. The molecular weight excluding hydrogens is 92.1 g/mol. The summed E-state index contributed by atoms with van der Waals surface area (Å²) in [5.41, 5.74) is 5.02. The molecule has 3 nitrogen and oxygen atoms in total. The standard InChI is InChI=1S/C4H12N2O/c1-6-2-3-7-4-5/h6H,2-5H2,1H3. The highest BCUT2D eigenvalue weighted by Crippen LogP contribution is 1.62. The molecule has 3 heteroatoms. The highest BCUT2D eigenvalue weighted by molar-refractivity contribution is 4.31. The molecule has 7 heavy (non-hydrogen) atoms. The summed E-state index contributed by atoms with van der Waals surface area (Å²) >= 11 is 0. The Labute approximate surface area is 43.8 Å². The van der Waals surface area contributed by atoms with E-state index in [1.807, 2.05) is 7.05 Å². The van der Waals surface area contributed by atoms with Crippen LogP contribution >= 0.6 is 0 Å². The first-order chi connectivity index (χ1) is 3.41. The minimum Gasteiger partial charge on any atom is -0.365 e. The lowest BCUT2D eigenvalue weighted by atomic mass is 10.7. The van der Waals surface area contributed by atoms with Gasteiger partial charge in [0.25, 0.3) is 0 Å². The van der Waals surface area contributed by atoms with Crippen LogP contribution in [0.25, 0.3) is 0 Å². The Morgan fingerprint density at radius 3 is 2.86 bits per heavy atom. The van der Waals surface area contributed by atoms with Gasteiger partial charge >= 0.3 is 0 Å². The van der Waals surface area contributed by atoms with E-state index in [0.29, 0.717) is 13.3 Å². The Balaban J connectivity index is 2.45. The van der Waals surface area contributed by atoms with E-state index < -0.39 is 0 Å². The summed E-state index contributed by atoms with van der Waals surface area (Å²) in [7, 11) is 1.87. The van der Waals surface area contributed by atoms with Crippen molar-refractivity contribution >= 4 is 0 Å². The molecule has 0 bridgehead atoms. The fourth-order valence-electron chi connectivity index (χ4n) is 0.258. The summed E-state index contributed by atoms with van der Waals surface area (Å²) in [5, 5.41) is 2.92. The van der Waals surface area contributed by atoms with E-state index in [2.05, 4.69) is 5.32 Å². The fourth-order valence-corrected chi connectivity index (χ4v) is 0.258. The molecule has 44 valence electrons. The fraction of sp³-hybridized carbons (Fsp3) is 1.00. The van der Waals surface area contributed by atoms with Crippen LogP contribution in [0.2, 0.25) is 0 Å². The van der Waals surface area contributed by atoms with Crippen molar-refractivity contribution in [2.75, 3.05) is 26.9 Å². The number of nitrogens with one attached hydrogen (secondary N) is 1. The monoisotopic (exact) mass is 104 g/mol. The van der Waals surface area contributed by atoms with Crippen molar-refractivity contribution in [1.82, 2.24) is 5.32 Å². The van der Waals surface area contributed by atoms with E-state index in [4.69, 9.17) is 10.5 Å².